The lowest BCUT2D eigenvalue weighted by Gasteiger charge is -2.05. The maximum atomic E-state index is 11.8. The zero-order chi connectivity index (χ0) is 13.7. The summed E-state index contributed by atoms with van der Waals surface area (Å²) in [5.74, 6) is 0.0474. The Hall–Kier alpha value is -1.88. The second-order valence-corrected chi connectivity index (χ2v) is 4.83. The normalized spacial score (nSPS) is 10.2. The third kappa shape index (κ3) is 4.06. The fourth-order valence-electron chi connectivity index (χ4n) is 1.61. The van der Waals surface area contributed by atoms with Gasteiger partial charge in [0.25, 0.3) is 5.91 Å². The summed E-state index contributed by atoms with van der Waals surface area (Å²) in [6.45, 7) is 0.526. The van der Waals surface area contributed by atoms with Crippen LogP contribution in [-0.2, 0) is 6.42 Å². The molecule has 2 aromatic rings. The smallest absolute Gasteiger partial charge is 0.269 e. The minimum Gasteiger partial charge on any atom is -0.508 e. The zero-order valence-corrected chi connectivity index (χ0v) is 11.7. The van der Waals surface area contributed by atoms with Crippen LogP contribution in [0.1, 0.15) is 16.1 Å². The van der Waals surface area contributed by atoms with Crippen LogP contribution in [0.15, 0.2) is 47.1 Å². The summed E-state index contributed by atoms with van der Waals surface area (Å²) >= 11 is 3.23. The predicted molar refractivity (Wildman–Crippen MR) is 76.1 cm³/mol. The Morgan fingerprint density at radius 1 is 1.21 bits per heavy atom. The quantitative estimate of drug-likeness (QED) is 0.851. The summed E-state index contributed by atoms with van der Waals surface area (Å²) in [6, 6.07) is 12.1. The van der Waals surface area contributed by atoms with Crippen molar-refractivity contribution in [3.05, 3.63) is 58.3 Å². The molecule has 0 saturated heterocycles. The number of benzene rings is 1. The van der Waals surface area contributed by atoms with E-state index in [4.69, 9.17) is 5.11 Å². The van der Waals surface area contributed by atoms with E-state index in [0.717, 1.165) is 5.56 Å². The van der Waals surface area contributed by atoms with Crippen LogP contribution < -0.4 is 5.32 Å². The molecule has 1 aromatic heterocycles. The van der Waals surface area contributed by atoms with E-state index >= 15 is 0 Å². The molecule has 1 aromatic carbocycles. The lowest BCUT2D eigenvalue weighted by molar-refractivity contribution is 0.0949. The third-order valence-electron chi connectivity index (χ3n) is 2.58. The first kappa shape index (κ1) is 13.5. The number of phenols is 1. The topological polar surface area (TPSA) is 62.2 Å². The first-order valence-electron chi connectivity index (χ1n) is 5.84. The van der Waals surface area contributed by atoms with Crippen LogP contribution in [0.2, 0.25) is 0 Å². The fraction of sp³-hybridized carbons (Fsp3) is 0.143. The Kier molecular flexibility index (Phi) is 4.52. The standard InChI is InChI=1S/C14H13BrN2O2/c15-13-3-1-2-12(17-13)14(19)16-9-8-10-4-6-11(18)7-5-10/h1-7,18H,8-9H2,(H,16,19). The molecule has 19 heavy (non-hydrogen) atoms. The van der Waals surface area contributed by atoms with Crippen LogP contribution in [0.3, 0.4) is 0 Å². The van der Waals surface area contributed by atoms with Crippen molar-refractivity contribution in [2.75, 3.05) is 6.54 Å². The molecular weight excluding hydrogens is 308 g/mol. The summed E-state index contributed by atoms with van der Waals surface area (Å²) in [5.41, 5.74) is 1.44. The fourth-order valence-corrected chi connectivity index (χ4v) is 1.95. The van der Waals surface area contributed by atoms with E-state index in [2.05, 4.69) is 26.2 Å². The molecule has 2 rings (SSSR count). The second kappa shape index (κ2) is 6.33. The highest BCUT2D eigenvalue weighted by Crippen LogP contribution is 2.10. The second-order valence-electron chi connectivity index (χ2n) is 4.02. The number of carbonyl (C=O) groups excluding carboxylic acids is 1. The number of rotatable bonds is 4. The number of pyridine rings is 1. The lowest BCUT2D eigenvalue weighted by Crippen LogP contribution is -2.26. The third-order valence-corrected chi connectivity index (χ3v) is 3.02. The van der Waals surface area contributed by atoms with Crippen LogP contribution in [0.25, 0.3) is 0 Å². The van der Waals surface area contributed by atoms with Crippen LogP contribution >= 0.6 is 15.9 Å². The van der Waals surface area contributed by atoms with Gasteiger partial charge >= 0.3 is 0 Å². The van der Waals surface area contributed by atoms with Crippen LogP contribution in [0, 0.1) is 0 Å². The average molecular weight is 321 g/mol. The van der Waals surface area contributed by atoms with Crippen LogP contribution in [-0.4, -0.2) is 22.5 Å². The molecule has 2 N–H and O–H groups in total. The summed E-state index contributed by atoms with van der Waals surface area (Å²) in [6.07, 6.45) is 0.708. The van der Waals surface area contributed by atoms with Gasteiger partial charge in [0.2, 0.25) is 0 Å². The van der Waals surface area contributed by atoms with E-state index in [1.165, 1.54) is 0 Å². The van der Waals surface area contributed by atoms with Gasteiger partial charge in [-0.15, -0.1) is 0 Å². The minimum absolute atomic E-state index is 0.194. The molecule has 0 aliphatic rings. The van der Waals surface area contributed by atoms with E-state index in [-0.39, 0.29) is 11.7 Å². The average Bonchev–Trinajstić information content (AvgIpc) is 2.41. The van der Waals surface area contributed by atoms with Gasteiger partial charge in [-0.1, -0.05) is 18.2 Å². The molecule has 1 amide bonds. The van der Waals surface area contributed by atoms with E-state index in [0.29, 0.717) is 23.3 Å². The first-order chi connectivity index (χ1) is 9.15. The van der Waals surface area contributed by atoms with Gasteiger partial charge in [-0.05, 0) is 52.2 Å². The zero-order valence-electron chi connectivity index (χ0n) is 10.1. The highest BCUT2D eigenvalue weighted by atomic mass is 79.9. The maximum Gasteiger partial charge on any atom is 0.269 e. The highest BCUT2D eigenvalue weighted by Gasteiger charge is 2.06. The van der Waals surface area contributed by atoms with Gasteiger partial charge in [-0.2, -0.15) is 0 Å². The number of halogens is 1. The van der Waals surface area contributed by atoms with Crippen molar-refractivity contribution < 1.29 is 9.90 Å². The number of nitrogens with zero attached hydrogens (tertiary/aromatic N) is 1. The van der Waals surface area contributed by atoms with E-state index in [1.807, 2.05) is 12.1 Å². The van der Waals surface area contributed by atoms with Crippen molar-refractivity contribution in [1.29, 1.82) is 0 Å². The van der Waals surface area contributed by atoms with Crippen molar-refractivity contribution in [2.24, 2.45) is 0 Å². The Bertz CT molecular complexity index is 570. The molecule has 1 heterocycles. The summed E-state index contributed by atoms with van der Waals surface area (Å²) in [5, 5.41) is 12.0. The first-order valence-corrected chi connectivity index (χ1v) is 6.63. The highest BCUT2D eigenvalue weighted by molar-refractivity contribution is 9.10. The number of amides is 1. The minimum atomic E-state index is -0.194. The molecule has 0 spiro atoms. The van der Waals surface area contributed by atoms with Gasteiger partial charge < -0.3 is 10.4 Å². The number of aromatic hydroxyl groups is 1. The van der Waals surface area contributed by atoms with Crippen molar-refractivity contribution in [3.63, 3.8) is 0 Å². The number of carbonyl (C=O) groups is 1. The largest absolute Gasteiger partial charge is 0.508 e. The molecular formula is C14H13BrN2O2. The van der Waals surface area contributed by atoms with Gasteiger partial charge in [-0.25, -0.2) is 4.98 Å². The molecule has 0 fully saturated rings. The molecule has 0 radical (unpaired) electrons. The van der Waals surface area contributed by atoms with Gasteiger partial charge in [0.05, 0.1) is 0 Å². The Labute approximate surface area is 119 Å². The molecule has 0 bridgehead atoms. The molecule has 0 atom stereocenters. The Morgan fingerprint density at radius 2 is 1.95 bits per heavy atom. The Morgan fingerprint density at radius 3 is 2.63 bits per heavy atom. The van der Waals surface area contributed by atoms with Crippen molar-refractivity contribution >= 4 is 21.8 Å². The monoisotopic (exact) mass is 320 g/mol. The number of nitrogens with one attached hydrogen (secondary N) is 1. The maximum absolute atomic E-state index is 11.8. The van der Waals surface area contributed by atoms with Crippen molar-refractivity contribution in [2.45, 2.75) is 6.42 Å². The van der Waals surface area contributed by atoms with Crippen molar-refractivity contribution in [3.8, 4) is 5.75 Å². The lowest BCUT2D eigenvalue weighted by atomic mass is 10.1. The Balaban J connectivity index is 1.86. The molecule has 5 heteroatoms. The molecule has 0 saturated carbocycles. The van der Waals surface area contributed by atoms with Crippen LogP contribution in [0.5, 0.6) is 5.75 Å². The summed E-state index contributed by atoms with van der Waals surface area (Å²) in [7, 11) is 0. The summed E-state index contributed by atoms with van der Waals surface area (Å²) < 4.78 is 0.638. The van der Waals surface area contributed by atoms with E-state index < -0.39 is 0 Å². The van der Waals surface area contributed by atoms with Gasteiger partial charge in [0.1, 0.15) is 16.0 Å². The van der Waals surface area contributed by atoms with Gasteiger partial charge in [0, 0.05) is 6.54 Å². The molecule has 0 aliphatic carbocycles. The van der Waals surface area contributed by atoms with Crippen LogP contribution in [0.4, 0.5) is 0 Å². The molecule has 98 valence electrons. The predicted octanol–water partition coefficient (Wildman–Crippen LogP) is 2.52. The molecule has 0 unspecified atom stereocenters. The number of hydrogen-bond donors (Lipinski definition) is 2. The SMILES string of the molecule is O=C(NCCc1ccc(O)cc1)c1cccc(Br)n1. The van der Waals surface area contributed by atoms with E-state index in [9.17, 15) is 4.79 Å². The number of aromatic nitrogens is 1. The number of phenolic OH excluding ortho intramolecular Hbond substituents is 1. The number of hydrogen-bond acceptors (Lipinski definition) is 3. The summed E-state index contributed by atoms with van der Waals surface area (Å²) in [4.78, 5) is 15.9. The molecule has 0 aliphatic heterocycles. The van der Waals surface area contributed by atoms with Crippen molar-refractivity contribution in [1.82, 2.24) is 10.3 Å². The molecule has 4 nitrogen and oxygen atoms in total. The van der Waals surface area contributed by atoms with Gasteiger partial charge in [-0.3, -0.25) is 4.79 Å². The van der Waals surface area contributed by atoms with Gasteiger partial charge in [0.15, 0.2) is 0 Å². The van der Waals surface area contributed by atoms with E-state index in [1.54, 1.807) is 30.3 Å².